The Bertz CT molecular complexity index is 605. The number of aromatic carboxylic acids is 1. The molecule has 2 aromatic rings. The minimum atomic E-state index is -1.03. The number of hydrogen-bond acceptors (Lipinski definition) is 4. The van der Waals surface area contributed by atoms with Gasteiger partial charge in [0.05, 0.1) is 12.2 Å². The number of carboxylic acids is 1. The van der Waals surface area contributed by atoms with Crippen LogP contribution in [0.5, 0.6) is 5.75 Å². The summed E-state index contributed by atoms with van der Waals surface area (Å²) in [4.78, 5) is 14.9. The number of pyridine rings is 1. The third-order valence-electron chi connectivity index (χ3n) is 2.68. The van der Waals surface area contributed by atoms with E-state index in [1.807, 2.05) is 30.3 Å². The molecular formula is C15H15ClN2O3. The predicted octanol–water partition coefficient (Wildman–Crippen LogP) is 3.31. The molecule has 0 atom stereocenters. The Kier molecular flexibility index (Phi) is 5.40. The van der Waals surface area contributed by atoms with Gasteiger partial charge in [-0.05, 0) is 30.7 Å². The minimum absolute atomic E-state index is 0.109. The fourth-order valence-electron chi connectivity index (χ4n) is 1.71. The number of nitrogens with one attached hydrogen (secondary N) is 1. The first kappa shape index (κ1) is 15.1. The summed E-state index contributed by atoms with van der Waals surface area (Å²) in [5.41, 5.74) is 0.109. The summed E-state index contributed by atoms with van der Waals surface area (Å²) in [6, 6.07) is 12.3. The highest BCUT2D eigenvalue weighted by molar-refractivity contribution is 6.29. The molecule has 5 nitrogen and oxygen atoms in total. The predicted molar refractivity (Wildman–Crippen MR) is 81.3 cm³/mol. The molecule has 1 heterocycles. The van der Waals surface area contributed by atoms with Crippen LogP contribution in [0.1, 0.15) is 16.8 Å². The SMILES string of the molecule is O=C(O)c1cc(Cl)nc(NCCCOc2ccccc2)c1. The molecule has 2 N–H and O–H groups in total. The second-order valence-corrected chi connectivity index (χ2v) is 4.70. The lowest BCUT2D eigenvalue weighted by Gasteiger charge is -2.08. The standard InChI is InChI=1S/C15H15ClN2O3/c16-13-9-11(15(19)20)10-14(18-13)17-7-4-8-21-12-5-2-1-3-6-12/h1-3,5-6,9-10H,4,7-8H2,(H,17,18)(H,19,20). The van der Waals surface area contributed by atoms with E-state index < -0.39 is 5.97 Å². The van der Waals surface area contributed by atoms with Crippen LogP contribution in [0, 0.1) is 0 Å². The molecule has 0 saturated heterocycles. The molecule has 1 aromatic heterocycles. The molecular weight excluding hydrogens is 292 g/mol. The van der Waals surface area contributed by atoms with Gasteiger partial charge >= 0.3 is 5.97 Å². The summed E-state index contributed by atoms with van der Waals surface area (Å²) in [5.74, 6) is 0.237. The molecule has 0 fully saturated rings. The summed E-state index contributed by atoms with van der Waals surface area (Å²) < 4.78 is 5.55. The highest BCUT2D eigenvalue weighted by Gasteiger charge is 2.07. The first-order valence-electron chi connectivity index (χ1n) is 6.48. The zero-order chi connectivity index (χ0) is 15.1. The van der Waals surface area contributed by atoms with Crippen LogP contribution in [-0.2, 0) is 0 Å². The molecule has 0 spiro atoms. The molecule has 0 amide bonds. The van der Waals surface area contributed by atoms with Crippen molar-refractivity contribution in [1.82, 2.24) is 4.98 Å². The molecule has 2 rings (SSSR count). The van der Waals surface area contributed by atoms with Crippen LogP contribution >= 0.6 is 11.6 Å². The first-order chi connectivity index (χ1) is 10.1. The second kappa shape index (κ2) is 7.50. The number of carboxylic acid groups (broad SMARTS) is 1. The largest absolute Gasteiger partial charge is 0.494 e. The molecule has 21 heavy (non-hydrogen) atoms. The van der Waals surface area contributed by atoms with Crippen LogP contribution in [0.4, 0.5) is 5.82 Å². The number of carbonyl (C=O) groups is 1. The van der Waals surface area contributed by atoms with E-state index in [1.54, 1.807) is 0 Å². The molecule has 0 bridgehead atoms. The minimum Gasteiger partial charge on any atom is -0.494 e. The number of anilines is 1. The first-order valence-corrected chi connectivity index (χ1v) is 6.85. The molecule has 0 aliphatic carbocycles. The van der Waals surface area contributed by atoms with Crippen molar-refractivity contribution in [1.29, 1.82) is 0 Å². The van der Waals surface area contributed by atoms with Gasteiger partial charge in [-0.15, -0.1) is 0 Å². The third-order valence-corrected chi connectivity index (χ3v) is 2.87. The maximum Gasteiger partial charge on any atom is 0.335 e. The van der Waals surface area contributed by atoms with E-state index in [0.717, 1.165) is 12.2 Å². The van der Waals surface area contributed by atoms with E-state index >= 15 is 0 Å². The molecule has 0 unspecified atom stereocenters. The van der Waals surface area contributed by atoms with Gasteiger partial charge in [0.25, 0.3) is 0 Å². The number of halogens is 1. The van der Waals surface area contributed by atoms with Crippen molar-refractivity contribution in [2.24, 2.45) is 0 Å². The Hall–Kier alpha value is -2.27. The maximum absolute atomic E-state index is 10.9. The highest BCUT2D eigenvalue weighted by atomic mass is 35.5. The molecule has 0 aliphatic rings. The van der Waals surface area contributed by atoms with Gasteiger partial charge in [-0.2, -0.15) is 0 Å². The maximum atomic E-state index is 10.9. The van der Waals surface area contributed by atoms with Crippen LogP contribution in [-0.4, -0.2) is 29.2 Å². The Balaban J connectivity index is 1.77. The summed E-state index contributed by atoms with van der Waals surface area (Å²) in [6.07, 6.45) is 0.755. The van der Waals surface area contributed by atoms with Gasteiger partial charge in [0.15, 0.2) is 0 Å². The van der Waals surface area contributed by atoms with E-state index in [-0.39, 0.29) is 10.7 Å². The van der Waals surface area contributed by atoms with E-state index in [1.165, 1.54) is 12.1 Å². The lowest BCUT2D eigenvalue weighted by Crippen LogP contribution is -2.09. The van der Waals surface area contributed by atoms with Gasteiger partial charge in [-0.25, -0.2) is 9.78 Å². The molecule has 0 radical (unpaired) electrons. The third kappa shape index (κ3) is 4.96. The average molecular weight is 307 g/mol. The van der Waals surface area contributed by atoms with Crippen molar-refractivity contribution in [3.05, 3.63) is 53.2 Å². The van der Waals surface area contributed by atoms with Crippen molar-refractivity contribution in [3.8, 4) is 5.75 Å². The molecule has 6 heteroatoms. The normalized spacial score (nSPS) is 10.1. The van der Waals surface area contributed by atoms with E-state index in [2.05, 4.69) is 10.3 Å². The molecule has 110 valence electrons. The van der Waals surface area contributed by atoms with Gasteiger partial charge < -0.3 is 15.2 Å². The number of aromatic nitrogens is 1. The van der Waals surface area contributed by atoms with Crippen molar-refractivity contribution in [2.45, 2.75) is 6.42 Å². The molecule has 1 aromatic carbocycles. The van der Waals surface area contributed by atoms with E-state index in [9.17, 15) is 4.79 Å². The Morgan fingerprint density at radius 2 is 2.05 bits per heavy atom. The smallest absolute Gasteiger partial charge is 0.335 e. The van der Waals surface area contributed by atoms with Crippen LogP contribution in [0.3, 0.4) is 0 Å². The number of ether oxygens (including phenoxy) is 1. The average Bonchev–Trinajstić information content (AvgIpc) is 2.47. The zero-order valence-electron chi connectivity index (χ0n) is 11.3. The van der Waals surface area contributed by atoms with Gasteiger partial charge in [0, 0.05) is 6.54 Å². The summed E-state index contributed by atoms with van der Waals surface area (Å²) >= 11 is 5.78. The number of benzene rings is 1. The lowest BCUT2D eigenvalue weighted by molar-refractivity contribution is 0.0697. The summed E-state index contributed by atoms with van der Waals surface area (Å²) in [6.45, 7) is 1.17. The summed E-state index contributed by atoms with van der Waals surface area (Å²) in [7, 11) is 0. The Morgan fingerprint density at radius 3 is 2.76 bits per heavy atom. The molecule has 0 aliphatic heterocycles. The number of para-hydroxylation sites is 1. The van der Waals surface area contributed by atoms with Crippen LogP contribution in [0.2, 0.25) is 5.15 Å². The van der Waals surface area contributed by atoms with Crippen molar-refractivity contribution in [2.75, 3.05) is 18.5 Å². The van der Waals surface area contributed by atoms with E-state index in [4.69, 9.17) is 21.4 Å². The number of hydrogen-bond donors (Lipinski definition) is 2. The fraction of sp³-hybridized carbons (Fsp3) is 0.200. The topological polar surface area (TPSA) is 71.5 Å². The van der Waals surface area contributed by atoms with Gasteiger partial charge in [0.2, 0.25) is 0 Å². The van der Waals surface area contributed by atoms with Gasteiger partial charge in [-0.1, -0.05) is 29.8 Å². The zero-order valence-corrected chi connectivity index (χ0v) is 12.0. The van der Waals surface area contributed by atoms with E-state index in [0.29, 0.717) is 19.0 Å². The van der Waals surface area contributed by atoms with Gasteiger partial charge in [-0.3, -0.25) is 0 Å². The fourth-order valence-corrected chi connectivity index (χ4v) is 1.91. The van der Waals surface area contributed by atoms with Crippen molar-refractivity contribution < 1.29 is 14.6 Å². The number of nitrogens with zero attached hydrogens (tertiary/aromatic N) is 1. The second-order valence-electron chi connectivity index (χ2n) is 4.31. The Labute approximate surface area is 127 Å². The van der Waals surface area contributed by atoms with Crippen molar-refractivity contribution in [3.63, 3.8) is 0 Å². The molecule has 0 saturated carbocycles. The van der Waals surface area contributed by atoms with Crippen LogP contribution in [0.15, 0.2) is 42.5 Å². The van der Waals surface area contributed by atoms with Crippen molar-refractivity contribution >= 4 is 23.4 Å². The highest BCUT2D eigenvalue weighted by Crippen LogP contribution is 2.14. The number of rotatable bonds is 7. The Morgan fingerprint density at radius 1 is 1.29 bits per heavy atom. The monoisotopic (exact) mass is 306 g/mol. The van der Waals surface area contributed by atoms with Crippen LogP contribution in [0.25, 0.3) is 0 Å². The van der Waals surface area contributed by atoms with Gasteiger partial charge in [0.1, 0.15) is 16.7 Å². The van der Waals surface area contributed by atoms with Crippen LogP contribution < -0.4 is 10.1 Å². The summed E-state index contributed by atoms with van der Waals surface area (Å²) in [5, 5.41) is 12.1. The quantitative estimate of drug-likeness (QED) is 0.606. The lowest BCUT2D eigenvalue weighted by atomic mass is 10.2.